The Kier molecular flexibility index (Phi) is 4.66. The SMILES string of the molecule is CC(C(=O)O)c1cccc2[nH]c(NP(=O)(O)Cc3ccccc3)cc12. The fourth-order valence-corrected chi connectivity index (χ4v) is 4.09. The summed E-state index contributed by atoms with van der Waals surface area (Å²) in [6.07, 6.45) is 0.00158. The quantitative estimate of drug-likeness (QED) is 0.496. The van der Waals surface area contributed by atoms with Crippen molar-refractivity contribution in [2.75, 3.05) is 5.09 Å². The van der Waals surface area contributed by atoms with Gasteiger partial charge in [-0.15, -0.1) is 0 Å². The predicted octanol–water partition coefficient (Wildman–Crippen LogP) is 4.15. The summed E-state index contributed by atoms with van der Waals surface area (Å²) in [5.74, 6) is -1.19. The first kappa shape index (κ1) is 17.3. The first-order valence-electron chi connectivity index (χ1n) is 7.84. The van der Waals surface area contributed by atoms with Crippen LogP contribution in [0.25, 0.3) is 10.9 Å². The molecule has 0 saturated heterocycles. The minimum Gasteiger partial charge on any atom is -0.481 e. The summed E-state index contributed by atoms with van der Waals surface area (Å²) < 4.78 is 12.5. The van der Waals surface area contributed by atoms with Crippen molar-refractivity contribution in [1.82, 2.24) is 4.98 Å². The molecule has 0 spiro atoms. The van der Waals surface area contributed by atoms with Crippen molar-refractivity contribution in [1.29, 1.82) is 0 Å². The molecule has 3 aromatic rings. The number of aromatic amines is 1. The van der Waals surface area contributed by atoms with Crippen LogP contribution in [-0.2, 0) is 15.5 Å². The second-order valence-corrected chi connectivity index (χ2v) is 7.95. The third-order valence-corrected chi connectivity index (χ3v) is 5.45. The van der Waals surface area contributed by atoms with E-state index in [2.05, 4.69) is 10.1 Å². The summed E-state index contributed by atoms with van der Waals surface area (Å²) in [4.78, 5) is 24.6. The van der Waals surface area contributed by atoms with Gasteiger partial charge in [-0.2, -0.15) is 0 Å². The number of hydrogen-bond donors (Lipinski definition) is 4. The molecule has 130 valence electrons. The Morgan fingerprint density at radius 2 is 1.92 bits per heavy atom. The van der Waals surface area contributed by atoms with Crippen LogP contribution in [0.4, 0.5) is 5.82 Å². The molecule has 25 heavy (non-hydrogen) atoms. The van der Waals surface area contributed by atoms with E-state index < -0.39 is 19.4 Å². The van der Waals surface area contributed by atoms with Crippen molar-refractivity contribution in [2.24, 2.45) is 0 Å². The van der Waals surface area contributed by atoms with Gasteiger partial charge < -0.3 is 20.1 Å². The average molecular weight is 358 g/mol. The minimum absolute atomic E-state index is 0.00158. The molecule has 0 saturated carbocycles. The average Bonchev–Trinajstić information content (AvgIpc) is 2.95. The van der Waals surface area contributed by atoms with E-state index in [0.717, 1.165) is 10.9 Å². The maximum absolute atomic E-state index is 12.5. The van der Waals surface area contributed by atoms with Gasteiger partial charge >= 0.3 is 5.97 Å². The van der Waals surface area contributed by atoms with Crippen LogP contribution in [0.1, 0.15) is 24.0 Å². The maximum Gasteiger partial charge on any atom is 0.310 e. The van der Waals surface area contributed by atoms with Crippen LogP contribution in [-0.4, -0.2) is 21.0 Å². The van der Waals surface area contributed by atoms with Crippen LogP contribution in [0.5, 0.6) is 0 Å². The van der Waals surface area contributed by atoms with Gasteiger partial charge in [-0.25, -0.2) is 0 Å². The monoisotopic (exact) mass is 358 g/mol. The van der Waals surface area contributed by atoms with Crippen molar-refractivity contribution in [2.45, 2.75) is 19.0 Å². The zero-order chi connectivity index (χ0) is 18.0. The molecule has 1 aromatic heterocycles. The third kappa shape index (κ3) is 3.92. The van der Waals surface area contributed by atoms with E-state index in [-0.39, 0.29) is 6.16 Å². The number of benzene rings is 2. The van der Waals surface area contributed by atoms with Gasteiger partial charge in [-0.3, -0.25) is 9.36 Å². The van der Waals surface area contributed by atoms with Crippen molar-refractivity contribution in [3.8, 4) is 0 Å². The van der Waals surface area contributed by atoms with Gasteiger partial charge in [0, 0.05) is 10.9 Å². The van der Waals surface area contributed by atoms with Crippen LogP contribution in [0.15, 0.2) is 54.6 Å². The maximum atomic E-state index is 12.5. The molecule has 0 fully saturated rings. The second-order valence-electron chi connectivity index (χ2n) is 6.01. The molecule has 2 atom stereocenters. The summed E-state index contributed by atoms with van der Waals surface area (Å²) >= 11 is 0. The smallest absolute Gasteiger partial charge is 0.310 e. The van der Waals surface area contributed by atoms with Crippen LogP contribution < -0.4 is 5.09 Å². The lowest BCUT2D eigenvalue weighted by molar-refractivity contribution is -0.138. The van der Waals surface area contributed by atoms with E-state index in [1.807, 2.05) is 18.2 Å². The molecule has 0 aliphatic heterocycles. The van der Waals surface area contributed by atoms with Crippen molar-refractivity contribution < 1.29 is 19.4 Å². The molecule has 2 unspecified atom stereocenters. The molecule has 6 nitrogen and oxygen atoms in total. The Balaban J connectivity index is 1.88. The zero-order valence-electron chi connectivity index (χ0n) is 13.6. The van der Waals surface area contributed by atoms with E-state index in [1.165, 1.54) is 0 Å². The highest BCUT2D eigenvalue weighted by Gasteiger charge is 2.21. The fourth-order valence-electron chi connectivity index (χ4n) is 2.81. The lowest BCUT2D eigenvalue weighted by Gasteiger charge is -2.13. The van der Waals surface area contributed by atoms with Crippen LogP contribution in [0.3, 0.4) is 0 Å². The van der Waals surface area contributed by atoms with Gasteiger partial charge in [-0.05, 0) is 30.2 Å². The lowest BCUT2D eigenvalue weighted by atomic mass is 9.98. The Bertz CT molecular complexity index is 952. The predicted molar refractivity (Wildman–Crippen MR) is 97.9 cm³/mol. The third-order valence-electron chi connectivity index (χ3n) is 4.07. The molecular weight excluding hydrogens is 339 g/mol. The van der Waals surface area contributed by atoms with Crippen molar-refractivity contribution in [3.63, 3.8) is 0 Å². The number of carboxylic acid groups (broad SMARTS) is 1. The Morgan fingerprint density at radius 3 is 2.60 bits per heavy atom. The van der Waals surface area contributed by atoms with Crippen LogP contribution in [0.2, 0.25) is 0 Å². The van der Waals surface area contributed by atoms with E-state index in [0.29, 0.717) is 16.9 Å². The summed E-state index contributed by atoms with van der Waals surface area (Å²) in [7, 11) is -3.65. The molecule has 0 aliphatic carbocycles. The Labute approximate surface area is 145 Å². The minimum atomic E-state index is -3.65. The fraction of sp³-hybridized carbons (Fsp3) is 0.167. The Hall–Kier alpha value is -2.56. The summed E-state index contributed by atoms with van der Waals surface area (Å²) in [6, 6.07) is 16.1. The summed E-state index contributed by atoms with van der Waals surface area (Å²) in [5.41, 5.74) is 2.13. The topological polar surface area (TPSA) is 102 Å². The molecule has 2 aromatic carbocycles. The van der Waals surface area contributed by atoms with Gasteiger partial charge in [0.2, 0.25) is 0 Å². The molecular formula is C18H19N2O4P. The van der Waals surface area contributed by atoms with Gasteiger partial charge in [0.05, 0.1) is 12.1 Å². The normalized spacial score (nSPS) is 14.8. The van der Waals surface area contributed by atoms with E-state index in [1.54, 1.807) is 43.3 Å². The van der Waals surface area contributed by atoms with E-state index in [4.69, 9.17) is 0 Å². The number of hydrogen-bond acceptors (Lipinski definition) is 2. The van der Waals surface area contributed by atoms with E-state index >= 15 is 0 Å². The number of H-pyrrole nitrogens is 1. The molecule has 3 rings (SSSR count). The molecule has 0 amide bonds. The molecule has 0 aliphatic rings. The van der Waals surface area contributed by atoms with Gasteiger partial charge in [-0.1, -0.05) is 42.5 Å². The zero-order valence-corrected chi connectivity index (χ0v) is 14.5. The molecule has 4 N–H and O–H groups in total. The molecule has 1 heterocycles. The van der Waals surface area contributed by atoms with Crippen LogP contribution >= 0.6 is 7.52 Å². The summed E-state index contributed by atoms with van der Waals surface area (Å²) in [5, 5.41) is 12.6. The highest BCUT2D eigenvalue weighted by atomic mass is 31.2. The standard InChI is InChI=1S/C18H19N2O4P/c1-12(18(21)22)14-8-5-9-16-15(14)10-17(19-16)20-25(23,24)11-13-6-3-2-4-7-13/h2-10,12,19H,11H2,1H3,(H,21,22)(H2,20,23,24). The number of nitrogens with one attached hydrogen (secondary N) is 2. The van der Waals surface area contributed by atoms with Crippen molar-refractivity contribution in [3.05, 3.63) is 65.7 Å². The van der Waals surface area contributed by atoms with E-state index in [9.17, 15) is 19.4 Å². The number of fused-ring (bicyclic) bond motifs is 1. The number of carboxylic acids is 1. The first-order chi connectivity index (χ1) is 11.9. The number of aliphatic carboxylic acids is 1. The van der Waals surface area contributed by atoms with Crippen LogP contribution in [0, 0.1) is 0 Å². The van der Waals surface area contributed by atoms with Crippen molar-refractivity contribution >= 4 is 30.2 Å². The Morgan fingerprint density at radius 1 is 1.20 bits per heavy atom. The highest BCUT2D eigenvalue weighted by molar-refractivity contribution is 7.58. The molecule has 0 bridgehead atoms. The van der Waals surface area contributed by atoms with Gasteiger partial charge in [0.15, 0.2) is 0 Å². The van der Waals surface area contributed by atoms with Gasteiger partial charge in [0.25, 0.3) is 7.52 Å². The number of aromatic nitrogens is 1. The van der Waals surface area contributed by atoms with Gasteiger partial charge in [0.1, 0.15) is 5.82 Å². The number of rotatable bonds is 6. The lowest BCUT2D eigenvalue weighted by Crippen LogP contribution is -2.07. The first-order valence-corrected chi connectivity index (χ1v) is 9.69. The molecule has 0 radical (unpaired) electrons. The molecule has 7 heteroatoms. The summed E-state index contributed by atoms with van der Waals surface area (Å²) in [6.45, 7) is 1.61. The number of anilines is 1. The number of carbonyl (C=O) groups is 1. The highest BCUT2D eigenvalue weighted by Crippen LogP contribution is 2.44. The second kappa shape index (κ2) is 6.75. The largest absolute Gasteiger partial charge is 0.481 e.